The van der Waals surface area contributed by atoms with Gasteiger partial charge in [0, 0.05) is 29.3 Å². The molecular weight excluding hydrogens is 491 g/mol. The smallest absolute Gasteiger partial charge is 0.226 e. The molecule has 12 heteroatoms. The average molecular weight is 513 g/mol. The van der Waals surface area contributed by atoms with Crippen LogP contribution >= 0.6 is 32.0 Å². The van der Waals surface area contributed by atoms with Crippen LogP contribution in [-0.2, 0) is 4.79 Å². The predicted octanol–water partition coefficient (Wildman–Crippen LogP) is 6.06. The Morgan fingerprint density at radius 1 is 1.33 bits per heavy atom. The maximum atomic E-state index is 13.5. The van der Waals surface area contributed by atoms with Gasteiger partial charge in [-0.3, -0.25) is 13.9 Å². The van der Waals surface area contributed by atoms with E-state index < -0.39 is 20.7 Å². The molecule has 4 rings (SSSR count). The molecule has 0 saturated carbocycles. The maximum Gasteiger partial charge on any atom is 0.226 e. The van der Waals surface area contributed by atoms with Crippen LogP contribution in [0.5, 0.6) is 5.75 Å². The SMILES string of the molecule is CCOc1cc2ncnc(Nc3ccc(F)c(Cl)c3)c2cc1NC(=O)CC1CCSS1(O)O. The Morgan fingerprint density at radius 3 is 2.85 bits per heavy atom. The first-order valence-corrected chi connectivity index (χ1v) is 13.6. The summed E-state index contributed by atoms with van der Waals surface area (Å²) in [5.41, 5.74) is 1.51. The number of hydrogen-bond donors (Lipinski definition) is 4. The van der Waals surface area contributed by atoms with Crippen molar-refractivity contribution in [3.05, 3.63) is 47.5 Å². The molecule has 33 heavy (non-hydrogen) atoms. The molecule has 1 atom stereocenters. The fraction of sp³-hybridized carbons (Fsp3) is 0.286. The number of benzene rings is 2. The van der Waals surface area contributed by atoms with E-state index in [9.17, 15) is 18.3 Å². The number of rotatable bonds is 7. The summed E-state index contributed by atoms with van der Waals surface area (Å²) in [6, 6.07) is 7.61. The Morgan fingerprint density at radius 2 is 2.15 bits per heavy atom. The van der Waals surface area contributed by atoms with Gasteiger partial charge >= 0.3 is 0 Å². The van der Waals surface area contributed by atoms with E-state index in [0.29, 0.717) is 52.6 Å². The second-order valence-corrected chi connectivity index (χ2v) is 12.3. The number of aromatic nitrogens is 2. The zero-order valence-electron chi connectivity index (χ0n) is 17.5. The molecule has 0 bridgehead atoms. The largest absolute Gasteiger partial charge is 0.492 e. The first-order valence-electron chi connectivity index (χ1n) is 10.1. The highest BCUT2D eigenvalue weighted by Crippen LogP contribution is 2.63. The summed E-state index contributed by atoms with van der Waals surface area (Å²) in [6.07, 6.45) is 1.94. The van der Waals surface area contributed by atoms with Crippen LogP contribution in [0.1, 0.15) is 19.8 Å². The molecular formula is C21H22ClFN4O4S2. The minimum atomic E-state index is -2.82. The molecule has 0 spiro atoms. The normalized spacial score (nSPS) is 18.2. The molecule has 1 aliphatic rings. The van der Waals surface area contributed by atoms with Crippen molar-refractivity contribution >= 4 is 66.0 Å². The fourth-order valence-corrected chi connectivity index (χ4v) is 7.47. The minimum absolute atomic E-state index is 0.0105. The van der Waals surface area contributed by atoms with E-state index in [1.807, 2.05) is 6.92 Å². The van der Waals surface area contributed by atoms with E-state index in [1.165, 1.54) is 24.5 Å². The number of hydrogen-bond acceptors (Lipinski definition) is 8. The summed E-state index contributed by atoms with van der Waals surface area (Å²) in [6.45, 7) is 2.20. The lowest BCUT2D eigenvalue weighted by Crippen LogP contribution is -2.21. The zero-order valence-corrected chi connectivity index (χ0v) is 19.9. The number of ether oxygens (including phenoxy) is 1. The highest BCUT2D eigenvalue weighted by atomic mass is 35.5. The first kappa shape index (κ1) is 23.8. The summed E-state index contributed by atoms with van der Waals surface area (Å²) >= 11 is 5.88. The van der Waals surface area contributed by atoms with Gasteiger partial charge in [-0.15, -0.1) is 9.62 Å². The Bertz CT molecular complexity index is 1200. The number of fused-ring (bicyclic) bond motifs is 1. The van der Waals surface area contributed by atoms with Crippen LogP contribution in [0, 0.1) is 5.82 Å². The lowest BCUT2D eigenvalue weighted by atomic mass is 10.1. The quantitative estimate of drug-likeness (QED) is 0.282. The molecule has 1 saturated heterocycles. The highest BCUT2D eigenvalue weighted by molar-refractivity contribution is 8.90. The van der Waals surface area contributed by atoms with Crippen molar-refractivity contribution in [2.45, 2.75) is 25.0 Å². The van der Waals surface area contributed by atoms with Crippen LogP contribution in [0.3, 0.4) is 0 Å². The van der Waals surface area contributed by atoms with Crippen LogP contribution in [0.4, 0.5) is 21.6 Å². The number of nitrogens with one attached hydrogen (secondary N) is 2. The Kier molecular flexibility index (Phi) is 7.15. The van der Waals surface area contributed by atoms with Gasteiger partial charge in [-0.25, -0.2) is 14.4 Å². The van der Waals surface area contributed by atoms with E-state index in [2.05, 4.69) is 20.6 Å². The van der Waals surface area contributed by atoms with Gasteiger partial charge in [-0.05, 0) is 48.4 Å². The third-order valence-corrected chi connectivity index (χ3v) is 9.70. The molecule has 176 valence electrons. The maximum absolute atomic E-state index is 13.5. The lowest BCUT2D eigenvalue weighted by Gasteiger charge is -2.31. The Balaban J connectivity index is 1.64. The number of carbonyl (C=O) groups is 1. The van der Waals surface area contributed by atoms with Crippen LogP contribution < -0.4 is 15.4 Å². The van der Waals surface area contributed by atoms with Crippen molar-refractivity contribution in [1.29, 1.82) is 0 Å². The molecule has 2 aromatic carbocycles. The molecule has 0 aliphatic carbocycles. The molecule has 1 aromatic heterocycles. The van der Waals surface area contributed by atoms with Crippen LogP contribution in [0.2, 0.25) is 5.02 Å². The predicted molar refractivity (Wildman–Crippen MR) is 132 cm³/mol. The molecule has 8 nitrogen and oxygen atoms in total. The van der Waals surface area contributed by atoms with Crippen molar-refractivity contribution in [2.75, 3.05) is 23.0 Å². The number of anilines is 3. The van der Waals surface area contributed by atoms with Crippen LogP contribution in [-0.4, -0.2) is 42.6 Å². The summed E-state index contributed by atoms with van der Waals surface area (Å²) < 4.78 is 39.4. The van der Waals surface area contributed by atoms with Crippen molar-refractivity contribution in [3.8, 4) is 5.75 Å². The number of halogens is 2. The third-order valence-electron chi connectivity index (χ3n) is 5.04. The molecule has 1 unspecified atom stereocenters. The van der Waals surface area contributed by atoms with Gasteiger partial charge in [0.2, 0.25) is 5.91 Å². The van der Waals surface area contributed by atoms with Crippen LogP contribution in [0.15, 0.2) is 36.7 Å². The van der Waals surface area contributed by atoms with E-state index >= 15 is 0 Å². The molecule has 4 N–H and O–H groups in total. The van der Waals surface area contributed by atoms with Gasteiger partial charge in [0.1, 0.15) is 23.7 Å². The lowest BCUT2D eigenvalue weighted by molar-refractivity contribution is -0.116. The van der Waals surface area contributed by atoms with E-state index in [1.54, 1.807) is 12.1 Å². The standard InChI is InChI=1S/C21H22ClFN4O4S2/c1-2-31-19-10-17-14(9-18(19)27-20(28)8-13-5-6-32-33(13,29)30)21(25-11-24-17)26-12-3-4-16(23)15(22)7-12/h3-4,7,9-11,13,29-30H,2,5-6,8H2,1H3,(H,27,28)(H,24,25,26). The minimum Gasteiger partial charge on any atom is -0.492 e. The monoisotopic (exact) mass is 512 g/mol. The van der Waals surface area contributed by atoms with Gasteiger partial charge < -0.3 is 15.4 Å². The molecule has 1 aliphatic heterocycles. The summed E-state index contributed by atoms with van der Waals surface area (Å²) in [5, 5.41) is 6.00. The summed E-state index contributed by atoms with van der Waals surface area (Å²) in [4.78, 5) is 21.3. The second kappa shape index (κ2) is 9.90. The number of carbonyl (C=O) groups excluding carboxylic acids is 1. The molecule has 3 aromatic rings. The van der Waals surface area contributed by atoms with Crippen molar-refractivity contribution < 1.29 is 23.0 Å². The van der Waals surface area contributed by atoms with Crippen molar-refractivity contribution in [1.82, 2.24) is 9.97 Å². The average Bonchev–Trinajstić information content (AvgIpc) is 3.09. The van der Waals surface area contributed by atoms with E-state index in [4.69, 9.17) is 16.3 Å². The first-order chi connectivity index (χ1) is 15.8. The molecule has 1 fully saturated rings. The van der Waals surface area contributed by atoms with E-state index in [-0.39, 0.29) is 17.4 Å². The Hall–Kier alpha value is -2.31. The van der Waals surface area contributed by atoms with E-state index in [0.717, 1.165) is 10.8 Å². The van der Waals surface area contributed by atoms with Gasteiger partial charge in [0.25, 0.3) is 0 Å². The zero-order chi connectivity index (χ0) is 23.6. The molecule has 2 heterocycles. The highest BCUT2D eigenvalue weighted by Gasteiger charge is 2.34. The van der Waals surface area contributed by atoms with Gasteiger partial charge in [-0.1, -0.05) is 11.6 Å². The topological polar surface area (TPSA) is 117 Å². The summed E-state index contributed by atoms with van der Waals surface area (Å²) in [5.74, 6) is 0.598. The van der Waals surface area contributed by atoms with Gasteiger partial charge in [-0.2, -0.15) is 0 Å². The molecule has 1 amide bonds. The van der Waals surface area contributed by atoms with Crippen LogP contribution in [0.25, 0.3) is 10.9 Å². The summed E-state index contributed by atoms with van der Waals surface area (Å²) in [7, 11) is -1.71. The number of amides is 1. The fourth-order valence-electron chi connectivity index (χ4n) is 3.44. The second-order valence-electron chi connectivity index (χ2n) is 7.30. The van der Waals surface area contributed by atoms with Crippen molar-refractivity contribution in [3.63, 3.8) is 0 Å². The van der Waals surface area contributed by atoms with Crippen molar-refractivity contribution in [2.24, 2.45) is 0 Å². The number of nitrogens with zero attached hydrogens (tertiary/aromatic N) is 2. The third kappa shape index (κ3) is 5.44. The van der Waals surface area contributed by atoms with Gasteiger partial charge in [0.15, 0.2) is 0 Å². The molecule has 0 radical (unpaired) electrons. The Labute approximate surface area is 200 Å². The van der Waals surface area contributed by atoms with Gasteiger partial charge in [0.05, 0.1) is 28.1 Å².